The number of carbonyl (C=O) groups is 1. The molecule has 34 heavy (non-hydrogen) atoms. The molecule has 4 saturated carbocycles. The van der Waals surface area contributed by atoms with Crippen LogP contribution in [0, 0.1) is 24.2 Å². The van der Waals surface area contributed by atoms with Crippen LogP contribution in [0.5, 0.6) is 5.75 Å². The lowest BCUT2D eigenvalue weighted by Gasteiger charge is -2.74. The highest BCUT2D eigenvalue weighted by Crippen LogP contribution is 2.76. The number of benzene rings is 1. The smallest absolute Gasteiger partial charge is 0.236 e. The standard InChI is InChI=1S/C28H39N3O3/c1-16-4-7-19-12-21-26-8-9-28(33-3,20(13-26)14-30-24(32)17(2)29)25-27(26,22(19)23(16)34-25)10-11-31(21)15-18-5-6-18/h4,7,17-18,20-21,25H,5-6,8-15,29H2,1-3H3,(H,30,32)/t17-,20+,21+,25+,26?,27-,28?/m0/s1. The van der Waals surface area contributed by atoms with E-state index in [1.807, 2.05) is 7.11 Å². The molecule has 5 fully saturated rings. The summed E-state index contributed by atoms with van der Waals surface area (Å²) in [7, 11) is 1.87. The Labute approximate surface area is 202 Å². The number of fused-ring (bicyclic) bond motifs is 2. The molecule has 6 nitrogen and oxygen atoms in total. The first kappa shape index (κ1) is 21.6. The number of nitrogens with two attached hydrogens (primary N) is 1. The van der Waals surface area contributed by atoms with E-state index in [2.05, 4.69) is 29.3 Å². The largest absolute Gasteiger partial charge is 0.486 e. The molecule has 0 aromatic heterocycles. The van der Waals surface area contributed by atoms with Crippen LogP contribution in [0.3, 0.4) is 0 Å². The van der Waals surface area contributed by atoms with E-state index in [9.17, 15) is 4.79 Å². The lowest BCUT2D eigenvalue weighted by Crippen LogP contribution is -2.81. The number of hydrogen-bond donors (Lipinski definition) is 2. The second kappa shape index (κ2) is 6.98. The van der Waals surface area contributed by atoms with Crippen molar-refractivity contribution >= 4 is 5.91 Å². The summed E-state index contributed by atoms with van der Waals surface area (Å²) in [5.74, 6) is 2.19. The third kappa shape index (κ3) is 2.45. The fraction of sp³-hybridized carbons (Fsp3) is 0.750. The van der Waals surface area contributed by atoms with Gasteiger partial charge < -0.3 is 20.5 Å². The van der Waals surface area contributed by atoms with Crippen LogP contribution >= 0.6 is 0 Å². The molecule has 1 aromatic rings. The van der Waals surface area contributed by atoms with Crippen molar-refractivity contribution in [2.24, 2.45) is 23.0 Å². The molecule has 2 spiro atoms. The number of carbonyl (C=O) groups excluding carboxylic acids is 1. The number of ether oxygens (including phenoxy) is 2. The fourth-order valence-electron chi connectivity index (χ4n) is 9.32. The lowest BCUT2D eigenvalue weighted by atomic mass is 9.34. The number of rotatable bonds is 6. The number of piperidine rings is 1. The summed E-state index contributed by atoms with van der Waals surface area (Å²) in [6.07, 6.45) is 8.39. The van der Waals surface area contributed by atoms with E-state index in [1.165, 1.54) is 49.0 Å². The quantitative estimate of drug-likeness (QED) is 0.676. The van der Waals surface area contributed by atoms with Crippen molar-refractivity contribution in [3.8, 4) is 5.75 Å². The number of likely N-dealkylation sites (tertiary alicyclic amines) is 1. The van der Waals surface area contributed by atoms with Crippen LogP contribution in [-0.2, 0) is 21.4 Å². The van der Waals surface area contributed by atoms with Gasteiger partial charge in [0.2, 0.25) is 5.91 Å². The molecule has 1 aromatic carbocycles. The summed E-state index contributed by atoms with van der Waals surface area (Å²) in [4.78, 5) is 15.3. The summed E-state index contributed by atoms with van der Waals surface area (Å²) in [5.41, 5.74) is 10.0. The third-order valence-electron chi connectivity index (χ3n) is 11.0. The van der Waals surface area contributed by atoms with Gasteiger partial charge in [-0.3, -0.25) is 9.69 Å². The Morgan fingerprint density at radius 1 is 1.32 bits per heavy atom. The van der Waals surface area contributed by atoms with Crippen molar-refractivity contribution in [2.45, 2.75) is 88.0 Å². The summed E-state index contributed by atoms with van der Waals surface area (Å²) >= 11 is 0. The SMILES string of the molecule is COC12CCC3(C[C@@H]1CNC(=O)[C@H](C)N)[C@H]1Cc4ccc(C)c5c4[C@@]3(CCN1CC1CC1)[C@H]2O5. The van der Waals surface area contributed by atoms with E-state index in [0.29, 0.717) is 12.6 Å². The maximum Gasteiger partial charge on any atom is 0.236 e. The van der Waals surface area contributed by atoms with Gasteiger partial charge in [0.05, 0.1) is 6.04 Å². The van der Waals surface area contributed by atoms with Crippen LogP contribution in [0.25, 0.3) is 0 Å². The van der Waals surface area contributed by atoms with Crippen LogP contribution in [0.2, 0.25) is 0 Å². The Hall–Kier alpha value is -1.63. The van der Waals surface area contributed by atoms with Crippen LogP contribution in [0.4, 0.5) is 0 Å². The summed E-state index contributed by atoms with van der Waals surface area (Å²) in [6.45, 7) is 6.99. The zero-order valence-corrected chi connectivity index (χ0v) is 20.9. The minimum absolute atomic E-state index is 0.0189. The van der Waals surface area contributed by atoms with Crippen LogP contribution in [0.15, 0.2) is 12.1 Å². The highest BCUT2D eigenvalue weighted by Gasteiger charge is 2.80. The van der Waals surface area contributed by atoms with Gasteiger partial charge in [0.25, 0.3) is 0 Å². The molecule has 7 aliphatic rings. The van der Waals surface area contributed by atoms with Gasteiger partial charge in [-0.2, -0.15) is 0 Å². The topological polar surface area (TPSA) is 76.8 Å². The predicted molar refractivity (Wildman–Crippen MR) is 130 cm³/mol. The predicted octanol–water partition coefficient (Wildman–Crippen LogP) is 2.68. The molecule has 6 heteroatoms. The van der Waals surface area contributed by atoms with Crippen molar-refractivity contribution in [1.82, 2.24) is 10.2 Å². The lowest BCUT2D eigenvalue weighted by molar-refractivity contribution is -0.276. The molecule has 1 amide bonds. The Morgan fingerprint density at radius 3 is 2.88 bits per heavy atom. The van der Waals surface area contributed by atoms with Gasteiger partial charge in [0.1, 0.15) is 17.5 Å². The molecule has 8 rings (SSSR count). The molecular weight excluding hydrogens is 426 g/mol. The van der Waals surface area contributed by atoms with E-state index in [4.69, 9.17) is 15.2 Å². The van der Waals surface area contributed by atoms with Gasteiger partial charge in [0.15, 0.2) is 0 Å². The molecule has 7 atom stereocenters. The highest BCUT2D eigenvalue weighted by molar-refractivity contribution is 5.81. The molecule has 5 aliphatic carbocycles. The first-order valence-corrected chi connectivity index (χ1v) is 13.5. The second-order valence-corrected chi connectivity index (χ2v) is 12.4. The van der Waals surface area contributed by atoms with E-state index in [-0.39, 0.29) is 34.4 Å². The average molecular weight is 466 g/mol. The third-order valence-corrected chi connectivity index (χ3v) is 11.0. The molecule has 3 N–H and O–H groups in total. The molecule has 184 valence electrons. The van der Waals surface area contributed by atoms with Crippen molar-refractivity contribution in [2.75, 3.05) is 26.7 Å². The van der Waals surface area contributed by atoms with Gasteiger partial charge in [0, 0.05) is 48.6 Å². The Bertz CT molecular complexity index is 1050. The molecule has 4 bridgehead atoms. The number of amides is 1. The van der Waals surface area contributed by atoms with Gasteiger partial charge in [-0.25, -0.2) is 0 Å². The summed E-state index contributed by atoms with van der Waals surface area (Å²) < 4.78 is 13.6. The van der Waals surface area contributed by atoms with Crippen LogP contribution < -0.4 is 15.8 Å². The minimum atomic E-state index is -0.496. The number of aryl methyl sites for hydroxylation is 1. The van der Waals surface area contributed by atoms with Crippen molar-refractivity contribution in [3.05, 3.63) is 28.8 Å². The normalized spacial score (nSPS) is 42.2. The monoisotopic (exact) mass is 465 g/mol. The van der Waals surface area contributed by atoms with Crippen molar-refractivity contribution in [1.29, 1.82) is 0 Å². The van der Waals surface area contributed by atoms with Gasteiger partial charge in [-0.05, 0) is 82.4 Å². The summed E-state index contributed by atoms with van der Waals surface area (Å²) in [5, 5.41) is 3.17. The maximum atomic E-state index is 12.5. The van der Waals surface area contributed by atoms with E-state index >= 15 is 0 Å². The maximum absolute atomic E-state index is 12.5. The Balaban J connectivity index is 1.37. The van der Waals surface area contributed by atoms with Gasteiger partial charge in [-0.1, -0.05) is 12.1 Å². The highest BCUT2D eigenvalue weighted by atomic mass is 16.6. The minimum Gasteiger partial charge on any atom is -0.486 e. The average Bonchev–Trinajstić information content (AvgIpc) is 3.57. The van der Waals surface area contributed by atoms with Gasteiger partial charge >= 0.3 is 0 Å². The molecule has 0 radical (unpaired) electrons. The zero-order valence-electron chi connectivity index (χ0n) is 20.9. The van der Waals surface area contributed by atoms with Crippen molar-refractivity contribution < 1.29 is 14.3 Å². The fourth-order valence-corrected chi connectivity index (χ4v) is 9.32. The van der Waals surface area contributed by atoms with E-state index in [1.54, 1.807) is 6.92 Å². The molecule has 2 unspecified atom stereocenters. The zero-order chi connectivity index (χ0) is 23.5. The van der Waals surface area contributed by atoms with Crippen molar-refractivity contribution in [3.63, 3.8) is 0 Å². The molecule has 1 saturated heterocycles. The second-order valence-electron chi connectivity index (χ2n) is 12.4. The molecule has 2 aliphatic heterocycles. The van der Waals surface area contributed by atoms with Gasteiger partial charge in [-0.15, -0.1) is 0 Å². The first-order chi connectivity index (χ1) is 16.4. The Morgan fingerprint density at radius 2 is 2.15 bits per heavy atom. The van der Waals surface area contributed by atoms with E-state index in [0.717, 1.165) is 37.4 Å². The number of nitrogens with one attached hydrogen (secondary N) is 1. The number of methoxy groups -OCH3 is 1. The van der Waals surface area contributed by atoms with Crippen LogP contribution in [-0.4, -0.2) is 61.3 Å². The number of nitrogens with zero attached hydrogens (tertiary/aromatic N) is 1. The number of hydrogen-bond acceptors (Lipinski definition) is 5. The Kier molecular flexibility index (Phi) is 4.44. The molecule has 2 heterocycles. The first-order valence-electron chi connectivity index (χ1n) is 13.5. The van der Waals surface area contributed by atoms with E-state index < -0.39 is 6.04 Å². The molecular formula is C28H39N3O3. The van der Waals surface area contributed by atoms with Crippen LogP contribution in [0.1, 0.15) is 62.1 Å². The summed E-state index contributed by atoms with van der Waals surface area (Å²) in [6, 6.07) is 4.72.